The van der Waals surface area contributed by atoms with Crippen LogP contribution in [0, 0.1) is 6.92 Å². The van der Waals surface area contributed by atoms with E-state index in [1.165, 1.54) is 27.5 Å². The van der Waals surface area contributed by atoms with Crippen molar-refractivity contribution in [3.8, 4) is 5.75 Å². The summed E-state index contributed by atoms with van der Waals surface area (Å²) in [4.78, 5) is 2.45. The van der Waals surface area contributed by atoms with Gasteiger partial charge in [0.2, 0.25) is 0 Å². The minimum atomic E-state index is 0.589. The standard InChI is InChI=1S/C25H30N2O2/c1-20-6-2-3-8-22(20)19-29-25-11-10-21-7-4-5-9-23(21)24(25)18-26-12-13-27-14-16-28-17-15-27/h2-11,26H,12-19H2,1H3. The lowest BCUT2D eigenvalue weighted by Gasteiger charge is -2.26. The lowest BCUT2D eigenvalue weighted by molar-refractivity contribution is 0.0384. The molecule has 0 saturated carbocycles. The van der Waals surface area contributed by atoms with E-state index in [2.05, 4.69) is 77.8 Å². The van der Waals surface area contributed by atoms with Gasteiger partial charge in [-0.3, -0.25) is 4.90 Å². The molecule has 152 valence electrons. The Hall–Kier alpha value is -2.40. The zero-order valence-electron chi connectivity index (χ0n) is 17.2. The van der Waals surface area contributed by atoms with E-state index < -0.39 is 0 Å². The van der Waals surface area contributed by atoms with Crippen LogP contribution in [0.5, 0.6) is 5.75 Å². The van der Waals surface area contributed by atoms with Crippen molar-refractivity contribution in [1.82, 2.24) is 10.2 Å². The highest BCUT2D eigenvalue weighted by molar-refractivity contribution is 5.87. The molecule has 0 unspecified atom stereocenters. The average molecular weight is 391 g/mol. The molecule has 1 N–H and O–H groups in total. The van der Waals surface area contributed by atoms with Crippen LogP contribution >= 0.6 is 0 Å². The van der Waals surface area contributed by atoms with Gasteiger partial charge in [-0.15, -0.1) is 0 Å². The number of fused-ring (bicyclic) bond motifs is 1. The van der Waals surface area contributed by atoms with E-state index in [4.69, 9.17) is 9.47 Å². The first-order valence-corrected chi connectivity index (χ1v) is 10.5. The van der Waals surface area contributed by atoms with Crippen molar-refractivity contribution in [3.05, 3.63) is 77.4 Å². The quantitative estimate of drug-likeness (QED) is 0.586. The third kappa shape index (κ3) is 5.15. The summed E-state index contributed by atoms with van der Waals surface area (Å²) >= 11 is 0. The summed E-state index contributed by atoms with van der Waals surface area (Å²) in [6.45, 7) is 9.28. The van der Waals surface area contributed by atoms with Crippen molar-refractivity contribution >= 4 is 10.8 Å². The molecule has 0 radical (unpaired) electrons. The monoisotopic (exact) mass is 390 g/mol. The summed E-state index contributed by atoms with van der Waals surface area (Å²) in [5.41, 5.74) is 3.73. The molecule has 29 heavy (non-hydrogen) atoms. The second-order valence-corrected chi connectivity index (χ2v) is 7.61. The number of hydrogen-bond donors (Lipinski definition) is 1. The van der Waals surface area contributed by atoms with Gasteiger partial charge >= 0.3 is 0 Å². The molecule has 1 aliphatic heterocycles. The number of nitrogens with zero attached hydrogens (tertiary/aromatic N) is 1. The highest BCUT2D eigenvalue weighted by Gasteiger charge is 2.12. The number of hydrogen-bond acceptors (Lipinski definition) is 4. The molecule has 4 rings (SSSR count). The summed E-state index contributed by atoms with van der Waals surface area (Å²) in [5, 5.41) is 6.14. The molecular formula is C25H30N2O2. The number of morpholine rings is 1. The van der Waals surface area contributed by atoms with Gasteiger partial charge in [0.1, 0.15) is 12.4 Å². The minimum Gasteiger partial charge on any atom is -0.489 e. The normalized spacial score (nSPS) is 14.9. The van der Waals surface area contributed by atoms with Gasteiger partial charge in [0, 0.05) is 38.3 Å². The van der Waals surface area contributed by atoms with E-state index in [1.807, 2.05) is 0 Å². The Morgan fingerprint density at radius 3 is 2.62 bits per heavy atom. The Balaban J connectivity index is 1.46. The fourth-order valence-electron chi connectivity index (χ4n) is 3.84. The van der Waals surface area contributed by atoms with Crippen molar-refractivity contribution in [2.75, 3.05) is 39.4 Å². The van der Waals surface area contributed by atoms with Crippen LogP contribution in [0.1, 0.15) is 16.7 Å². The molecule has 0 aliphatic carbocycles. The van der Waals surface area contributed by atoms with Gasteiger partial charge < -0.3 is 14.8 Å². The highest BCUT2D eigenvalue weighted by Crippen LogP contribution is 2.29. The van der Waals surface area contributed by atoms with Crippen LogP contribution in [0.25, 0.3) is 10.8 Å². The first-order valence-electron chi connectivity index (χ1n) is 10.5. The predicted octanol–water partition coefficient (Wildman–Crippen LogP) is 4.15. The van der Waals surface area contributed by atoms with E-state index in [1.54, 1.807) is 0 Å². The van der Waals surface area contributed by atoms with Crippen LogP contribution in [0.3, 0.4) is 0 Å². The van der Waals surface area contributed by atoms with Crippen molar-refractivity contribution in [2.45, 2.75) is 20.1 Å². The van der Waals surface area contributed by atoms with E-state index in [9.17, 15) is 0 Å². The van der Waals surface area contributed by atoms with Crippen molar-refractivity contribution in [3.63, 3.8) is 0 Å². The molecule has 0 aromatic heterocycles. The van der Waals surface area contributed by atoms with Gasteiger partial charge in [0.05, 0.1) is 13.2 Å². The third-order valence-electron chi connectivity index (χ3n) is 5.65. The molecular weight excluding hydrogens is 360 g/mol. The van der Waals surface area contributed by atoms with Crippen LogP contribution in [0.4, 0.5) is 0 Å². The van der Waals surface area contributed by atoms with E-state index in [0.717, 1.165) is 51.7 Å². The fourth-order valence-corrected chi connectivity index (χ4v) is 3.84. The van der Waals surface area contributed by atoms with Gasteiger partial charge in [-0.2, -0.15) is 0 Å². The number of ether oxygens (including phenoxy) is 2. The average Bonchev–Trinajstić information content (AvgIpc) is 2.77. The Morgan fingerprint density at radius 1 is 0.966 bits per heavy atom. The maximum absolute atomic E-state index is 6.29. The van der Waals surface area contributed by atoms with Gasteiger partial charge in [-0.05, 0) is 34.9 Å². The van der Waals surface area contributed by atoms with Crippen LogP contribution in [0.2, 0.25) is 0 Å². The molecule has 3 aromatic rings. The molecule has 1 saturated heterocycles. The van der Waals surface area contributed by atoms with Crippen LogP contribution in [-0.2, 0) is 17.9 Å². The molecule has 4 heteroatoms. The zero-order valence-corrected chi connectivity index (χ0v) is 17.2. The SMILES string of the molecule is Cc1ccccc1COc1ccc2ccccc2c1CNCCN1CCOCC1. The second kappa shape index (κ2) is 9.88. The predicted molar refractivity (Wildman–Crippen MR) is 118 cm³/mol. The van der Waals surface area contributed by atoms with Crippen molar-refractivity contribution in [2.24, 2.45) is 0 Å². The molecule has 1 fully saturated rings. The number of aryl methyl sites for hydroxylation is 1. The first-order chi connectivity index (χ1) is 14.3. The summed E-state index contributed by atoms with van der Waals surface area (Å²) in [6, 6.07) is 21.2. The van der Waals surface area contributed by atoms with Crippen LogP contribution in [0.15, 0.2) is 60.7 Å². The van der Waals surface area contributed by atoms with E-state index in [0.29, 0.717) is 6.61 Å². The lowest BCUT2D eigenvalue weighted by Crippen LogP contribution is -2.40. The third-order valence-corrected chi connectivity index (χ3v) is 5.65. The molecule has 0 spiro atoms. The Morgan fingerprint density at radius 2 is 1.76 bits per heavy atom. The minimum absolute atomic E-state index is 0.589. The lowest BCUT2D eigenvalue weighted by atomic mass is 10.0. The molecule has 0 amide bonds. The summed E-state index contributed by atoms with van der Waals surface area (Å²) in [5.74, 6) is 0.964. The molecule has 3 aromatic carbocycles. The van der Waals surface area contributed by atoms with Gasteiger partial charge in [-0.1, -0.05) is 54.6 Å². The van der Waals surface area contributed by atoms with Crippen LogP contribution < -0.4 is 10.1 Å². The van der Waals surface area contributed by atoms with Crippen molar-refractivity contribution in [1.29, 1.82) is 0 Å². The fraction of sp³-hybridized carbons (Fsp3) is 0.360. The summed E-state index contributed by atoms with van der Waals surface area (Å²) in [6.07, 6.45) is 0. The Kier molecular flexibility index (Phi) is 6.78. The molecule has 4 nitrogen and oxygen atoms in total. The first kappa shape index (κ1) is 19.9. The maximum atomic E-state index is 6.29. The maximum Gasteiger partial charge on any atom is 0.124 e. The second-order valence-electron chi connectivity index (χ2n) is 7.61. The highest BCUT2D eigenvalue weighted by atomic mass is 16.5. The van der Waals surface area contributed by atoms with Gasteiger partial charge in [0.15, 0.2) is 0 Å². The van der Waals surface area contributed by atoms with Crippen LogP contribution in [-0.4, -0.2) is 44.3 Å². The largest absolute Gasteiger partial charge is 0.489 e. The number of benzene rings is 3. The zero-order chi connectivity index (χ0) is 19.9. The molecule has 0 bridgehead atoms. The Labute approximate surface area is 173 Å². The molecule has 1 heterocycles. The Bertz CT molecular complexity index is 935. The summed E-state index contributed by atoms with van der Waals surface area (Å²) < 4.78 is 11.7. The van der Waals surface area contributed by atoms with Gasteiger partial charge in [0.25, 0.3) is 0 Å². The van der Waals surface area contributed by atoms with Crippen molar-refractivity contribution < 1.29 is 9.47 Å². The topological polar surface area (TPSA) is 33.7 Å². The number of rotatable bonds is 8. The smallest absolute Gasteiger partial charge is 0.124 e. The molecule has 0 atom stereocenters. The number of nitrogens with one attached hydrogen (secondary N) is 1. The summed E-state index contributed by atoms with van der Waals surface area (Å²) in [7, 11) is 0. The van der Waals surface area contributed by atoms with Gasteiger partial charge in [-0.25, -0.2) is 0 Å². The van der Waals surface area contributed by atoms with E-state index >= 15 is 0 Å². The van der Waals surface area contributed by atoms with E-state index in [-0.39, 0.29) is 0 Å². The molecule has 1 aliphatic rings.